The van der Waals surface area contributed by atoms with Gasteiger partial charge in [0.25, 0.3) is 0 Å². The third kappa shape index (κ3) is 3.46. The van der Waals surface area contributed by atoms with E-state index in [2.05, 4.69) is 33.8 Å². The van der Waals surface area contributed by atoms with Crippen LogP contribution >= 0.6 is 0 Å². The van der Waals surface area contributed by atoms with Crippen LogP contribution in [0.1, 0.15) is 38.8 Å². The fourth-order valence-corrected chi connectivity index (χ4v) is 2.28. The lowest BCUT2D eigenvalue weighted by Gasteiger charge is -2.30. The lowest BCUT2D eigenvalue weighted by molar-refractivity contribution is 0.460. The number of nitrogens with one attached hydrogen (secondary N) is 1. The summed E-state index contributed by atoms with van der Waals surface area (Å²) in [5.41, 5.74) is 1.27. The number of rotatable bonds is 5. The van der Waals surface area contributed by atoms with Gasteiger partial charge in [-0.05, 0) is 31.7 Å². The van der Waals surface area contributed by atoms with Crippen LogP contribution in [-0.2, 0) is 6.54 Å². The molecule has 1 saturated heterocycles. The van der Waals surface area contributed by atoms with Gasteiger partial charge in [0, 0.05) is 19.6 Å². The first-order chi connectivity index (χ1) is 8.27. The summed E-state index contributed by atoms with van der Waals surface area (Å²) in [6.45, 7) is 8.75. The van der Waals surface area contributed by atoms with Crippen LogP contribution in [-0.4, -0.2) is 29.3 Å². The highest BCUT2D eigenvalue weighted by atomic mass is 15.6. The van der Waals surface area contributed by atoms with Crippen molar-refractivity contribution in [1.82, 2.24) is 15.0 Å². The topological polar surface area (TPSA) is 33.1 Å². The summed E-state index contributed by atoms with van der Waals surface area (Å²) in [4.78, 5) is 4.28. The molecule has 0 aliphatic carbocycles. The van der Waals surface area contributed by atoms with E-state index in [1.165, 1.54) is 25.0 Å². The Morgan fingerprint density at radius 1 is 1.29 bits per heavy atom. The van der Waals surface area contributed by atoms with E-state index in [9.17, 15) is 0 Å². The molecule has 1 aromatic rings. The Labute approximate surface area is 104 Å². The number of nitrogens with zero attached hydrogens (tertiary/aromatic N) is 3. The average molecular weight is 236 g/mol. The van der Waals surface area contributed by atoms with E-state index < -0.39 is 0 Å². The molecular weight excluding hydrogens is 212 g/mol. The van der Waals surface area contributed by atoms with Gasteiger partial charge in [-0.3, -0.25) is 0 Å². The van der Waals surface area contributed by atoms with Gasteiger partial charge >= 0.3 is 0 Å². The van der Waals surface area contributed by atoms with Crippen molar-refractivity contribution in [3.05, 3.63) is 18.2 Å². The van der Waals surface area contributed by atoms with Crippen LogP contribution in [0.15, 0.2) is 12.5 Å². The molecule has 0 saturated carbocycles. The molecule has 4 nitrogen and oxygen atoms in total. The molecule has 96 valence electrons. The van der Waals surface area contributed by atoms with Crippen LogP contribution in [0.3, 0.4) is 0 Å². The molecule has 0 unspecified atom stereocenters. The number of hydrogen-bond donors (Lipinski definition) is 1. The van der Waals surface area contributed by atoms with E-state index in [1.54, 1.807) is 0 Å². The van der Waals surface area contributed by atoms with Crippen molar-refractivity contribution in [3.8, 4) is 0 Å². The molecule has 1 aliphatic rings. The molecule has 0 amide bonds. The Hall–Kier alpha value is -1.03. The van der Waals surface area contributed by atoms with Gasteiger partial charge in [-0.25, -0.2) is 9.66 Å². The van der Waals surface area contributed by atoms with Gasteiger partial charge in [-0.1, -0.05) is 13.8 Å². The molecular formula is C13H24N4. The fraction of sp³-hybridized carbons (Fsp3) is 0.769. The van der Waals surface area contributed by atoms with Gasteiger partial charge in [0.2, 0.25) is 0 Å². The lowest BCUT2D eigenvalue weighted by Crippen LogP contribution is -2.40. The number of piperidine rings is 1. The van der Waals surface area contributed by atoms with E-state index >= 15 is 0 Å². The summed E-state index contributed by atoms with van der Waals surface area (Å²) in [6.07, 6.45) is 7.89. The molecule has 0 spiro atoms. The molecule has 2 rings (SSSR count). The first-order valence-corrected chi connectivity index (χ1v) is 6.74. The molecule has 0 radical (unpaired) electrons. The van der Waals surface area contributed by atoms with Crippen LogP contribution in [0.25, 0.3) is 0 Å². The summed E-state index contributed by atoms with van der Waals surface area (Å²) in [7, 11) is 0. The second kappa shape index (κ2) is 6.05. The molecule has 1 fully saturated rings. The van der Waals surface area contributed by atoms with Crippen LogP contribution < -0.4 is 10.3 Å². The fourth-order valence-electron chi connectivity index (χ4n) is 2.28. The van der Waals surface area contributed by atoms with Gasteiger partial charge in [0.05, 0.1) is 11.9 Å². The standard InChI is InChI=1S/C13H24N4/c1-12(2)8-14-9-13-10-15-11-17(13)16-6-4-3-5-7-16/h10-12,14H,3-9H2,1-2H3. The third-order valence-electron chi connectivity index (χ3n) is 3.19. The molecule has 1 aromatic heterocycles. The number of imidazole rings is 1. The van der Waals surface area contributed by atoms with Gasteiger partial charge < -0.3 is 10.3 Å². The Morgan fingerprint density at radius 2 is 2.06 bits per heavy atom. The van der Waals surface area contributed by atoms with Crippen LogP contribution in [0.4, 0.5) is 0 Å². The van der Waals surface area contributed by atoms with Crippen LogP contribution in [0, 0.1) is 5.92 Å². The highest BCUT2D eigenvalue weighted by molar-refractivity contribution is 5.04. The first kappa shape index (κ1) is 12.4. The Kier molecular flexibility index (Phi) is 4.42. The minimum atomic E-state index is 0.696. The maximum atomic E-state index is 4.28. The van der Waals surface area contributed by atoms with Crippen molar-refractivity contribution in [2.75, 3.05) is 24.6 Å². The molecule has 1 N–H and O–H groups in total. The SMILES string of the molecule is CC(C)CNCc1cncn1N1CCCCC1. The van der Waals surface area contributed by atoms with E-state index in [1.807, 2.05) is 12.5 Å². The van der Waals surface area contributed by atoms with E-state index in [4.69, 9.17) is 0 Å². The van der Waals surface area contributed by atoms with Gasteiger partial charge in [-0.15, -0.1) is 0 Å². The maximum Gasteiger partial charge on any atom is 0.114 e. The summed E-state index contributed by atoms with van der Waals surface area (Å²) in [6, 6.07) is 0. The highest BCUT2D eigenvalue weighted by Gasteiger charge is 2.13. The normalized spacial score (nSPS) is 16.8. The first-order valence-electron chi connectivity index (χ1n) is 6.74. The summed E-state index contributed by atoms with van der Waals surface area (Å²) in [5, 5.41) is 5.88. The molecule has 0 bridgehead atoms. The van der Waals surface area contributed by atoms with Crippen LogP contribution in [0.5, 0.6) is 0 Å². The van der Waals surface area contributed by atoms with Gasteiger partial charge in [0.15, 0.2) is 0 Å². The zero-order valence-electron chi connectivity index (χ0n) is 11.0. The summed E-state index contributed by atoms with van der Waals surface area (Å²) >= 11 is 0. The van der Waals surface area contributed by atoms with Crippen molar-refractivity contribution < 1.29 is 0 Å². The summed E-state index contributed by atoms with van der Waals surface area (Å²) in [5.74, 6) is 0.696. The predicted molar refractivity (Wildman–Crippen MR) is 70.6 cm³/mol. The van der Waals surface area contributed by atoms with Crippen molar-refractivity contribution in [2.24, 2.45) is 5.92 Å². The second-order valence-corrected chi connectivity index (χ2v) is 5.27. The second-order valence-electron chi connectivity index (χ2n) is 5.27. The molecule has 17 heavy (non-hydrogen) atoms. The minimum Gasteiger partial charge on any atom is -0.312 e. The van der Waals surface area contributed by atoms with Gasteiger partial charge in [-0.2, -0.15) is 0 Å². The van der Waals surface area contributed by atoms with Gasteiger partial charge in [0.1, 0.15) is 6.33 Å². The Morgan fingerprint density at radius 3 is 2.76 bits per heavy atom. The minimum absolute atomic E-state index is 0.696. The molecule has 4 heteroatoms. The molecule has 0 atom stereocenters. The largest absolute Gasteiger partial charge is 0.312 e. The highest BCUT2D eigenvalue weighted by Crippen LogP contribution is 2.10. The van der Waals surface area contributed by atoms with E-state index in [0.29, 0.717) is 5.92 Å². The predicted octanol–water partition coefficient (Wildman–Crippen LogP) is 1.75. The Balaban J connectivity index is 1.91. The van der Waals surface area contributed by atoms with E-state index in [-0.39, 0.29) is 0 Å². The maximum absolute atomic E-state index is 4.28. The molecule has 2 heterocycles. The number of hydrogen-bond acceptors (Lipinski definition) is 3. The smallest absolute Gasteiger partial charge is 0.114 e. The van der Waals surface area contributed by atoms with Crippen molar-refractivity contribution in [1.29, 1.82) is 0 Å². The van der Waals surface area contributed by atoms with Crippen molar-refractivity contribution in [2.45, 2.75) is 39.7 Å². The van der Waals surface area contributed by atoms with E-state index in [0.717, 1.165) is 26.2 Å². The van der Waals surface area contributed by atoms with Crippen molar-refractivity contribution >= 4 is 0 Å². The van der Waals surface area contributed by atoms with Crippen LogP contribution in [0.2, 0.25) is 0 Å². The third-order valence-corrected chi connectivity index (χ3v) is 3.19. The zero-order chi connectivity index (χ0) is 12.1. The van der Waals surface area contributed by atoms with Crippen molar-refractivity contribution in [3.63, 3.8) is 0 Å². The summed E-state index contributed by atoms with van der Waals surface area (Å²) < 4.78 is 2.23. The number of aromatic nitrogens is 2. The molecule has 0 aromatic carbocycles. The lowest BCUT2D eigenvalue weighted by atomic mass is 10.2. The molecule has 1 aliphatic heterocycles. The Bertz CT molecular complexity index is 326. The monoisotopic (exact) mass is 236 g/mol. The quantitative estimate of drug-likeness (QED) is 0.845. The zero-order valence-corrected chi connectivity index (χ0v) is 11.0. The average Bonchev–Trinajstić information content (AvgIpc) is 2.78.